The van der Waals surface area contributed by atoms with Crippen LogP contribution in [0.25, 0.3) is 11.3 Å². The van der Waals surface area contributed by atoms with E-state index in [2.05, 4.69) is 15.5 Å². The Morgan fingerprint density at radius 1 is 0.970 bits per heavy atom. The molecule has 0 atom stereocenters. The molecule has 1 fully saturated rings. The Labute approximate surface area is 193 Å². The number of pyridine rings is 1. The number of ether oxygens (including phenoxy) is 3. The Kier molecular flexibility index (Phi) is 7.19. The first kappa shape index (κ1) is 22.3. The lowest BCUT2D eigenvalue weighted by molar-refractivity contribution is 0.0955. The van der Waals surface area contributed by atoms with Crippen LogP contribution in [0.15, 0.2) is 65.9 Å². The van der Waals surface area contributed by atoms with E-state index < -0.39 is 0 Å². The third-order valence-electron chi connectivity index (χ3n) is 5.53. The minimum absolute atomic E-state index is 0.319. The van der Waals surface area contributed by atoms with Crippen molar-refractivity contribution in [1.82, 2.24) is 10.4 Å². The van der Waals surface area contributed by atoms with Gasteiger partial charge in [-0.25, -0.2) is 5.43 Å². The number of amides is 1. The zero-order chi connectivity index (χ0) is 23.0. The molecule has 1 saturated carbocycles. The normalized spacial score (nSPS) is 13.8. The maximum atomic E-state index is 12.6. The molecule has 3 aromatic rings. The predicted molar refractivity (Wildman–Crippen MR) is 127 cm³/mol. The Balaban J connectivity index is 1.41. The van der Waals surface area contributed by atoms with Crippen molar-refractivity contribution in [2.24, 2.45) is 5.10 Å². The second-order valence-electron chi connectivity index (χ2n) is 7.82. The van der Waals surface area contributed by atoms with Gasteiger partial charge in [-0.3, -0.25) is 9.78 Å². The van der Waals surface area contributed by atoms with Crippen molar-refractivity contribution in [2.45, 2.75) is 31.8 Å². The molecular weight excluding hydrogens is 418 g/mol. The maximum Gasteiger partial charge on any atom is 0.271 e. The monoisotopic (exact) mass is 445 g/mol. The molecule has 1 N–H and O–H groups in total. The number of hydrazone groups is 1. The first-order valence-corrected chi connectivity index (χ1v) is 10.9. The third kappa shape index (κ3) is 5.88. The number of aromatic nitrogens is 1. The molecule has 1 aromatic heterocycles. The van der Waals surface area contributed by atoms with E-state index in [1.54, 1.807) is 50.7 Å². The van der Waals surface area contributed by atoms with Crippen molar-refractivity contribution < 1.29 is 19.0 Å². The van der Waals surface area contributed by atoms with Crippen LogP contribution in [0.4, 0.5) is 0 Å². The minimum Gasteiger partial charge on any atom is -0.497 e. The van der Waals surface area contributed by atoms with Gasteiger partial charge in [0.2, 0.25) is 0 Å². The van der Waals surface area contributed by atoms with E-state index >= 15 is 0 Å². The summed E-state index contributed by atoms with van der Waals surface area (Å²) in [5.41, 5.74) is 5.37. The highest BCUT2D eigenvalue weighted by atomic mass is 16.5. The highest BCUT2D eigenvalue weighted by Gasteiger charge is 2.16. The van der Waals surface area contributed by atoms with Crippen LogP contribution < -0.4 is 19.6 Å². The summed E-state index contributed by atoms with van der Waals surface area (Å²) in [6.07, 6.45) is 8.18. The highest BCUT2D eigenvalue weighted by molar-refractivity contribution is 5.95. The van der Waals surface area contributed by atoms with Gasteiger partial charge >= 0.3 is 0 Å². The third-order valence-corrected chi connectivity index (χ3v) is 5.53. The van der Waals surface area contributed by atoms with E-state index in [4.69, 9.17) is 14.2 Å². The summed E-state index contributed by atoms with van der Waals surface area (Å²) in [6.45, 7) is 0. The van der Waals surface area contributed by atoms with Gasteiger partial charge in [0.05, 0.1) is 32.2 Å². The molecule has 1 aliphatic rings. The molecule has 4 rings (SSSR count). The molecule has 1 aliphatic carbocycles. The van der Waals surface area contributed by atoms with Crippen LogP contribution in [0, 0.1) is 0 Å². The average Bonchev–Trinajstić information content (AvgIpc) is 3.37. The molecule has 0 bridgehead atoms. The molecule has 0 spiro atoms. The summed E-state index contributed by atoms with van der Waals surface area (Å²) in [5.74, 6) is 1.81. The lowest BCUT2D eigenvalue weighted by atomic mass is 10.1. The molecule has 1 heterocycles. The topological polar surface area (TPSA) is 82.0 Å². The number of nitrogens with zero attached hydrogens (tertiary/aromatic N) is 2. The van der Waals surface area contributed by atoms with Gasteiger partial charge < -0.3 is 14.2 Å². The summed E-state index contributed by atoms with van der Waals surface area (Å²) in [7, 11) is 3.16. The molecule has 0 saturated heterocycles. The Hall–Kier alpha value is -3.87. The number of carbonyl (C=O) groups excluding carboxylic acids is 1. The van der Waals surface area contributed by atoms with Crippen LogP contribution in [-0.4, -0.2) is 37.4 Å². The van der Waals surface area contributed by atoms with Gasteiger partial charge in [-0.2, -0.15) is 5.10 Å². The second-order valence-corrected chi connectivity index (χ2v) is 7.82. The summed E-state index contributed by atoms with van der Waals surface area (Å²) >= 11 is 0. The predicted octanol–water partition coefficient (Wildman–Crippen LogP) is 4.85. The summed E-state index contributed by atoms with van der Waals surface area (Å²) in [4.78, 5) is 17.0. The first-order valence-electron chi connectivity index (χ1n) is 10.9. The van der Waals surface area contributed by atoms with Crippen molar-refractivity contribution in [2.75, 3.05) is 14.2 Å². The number of rotatable bonds is 8. The molecule has 1 amide bonds. The highest BCUT2D eigenvalue weighted by Crippen LogP contribution is 2.26. The SMILES string of the molecule is COc1cc(C=NNC(=O)c2ccnc(-c3ccc(OC4CCCC4)cc3)c2)cc(OC)c1. The molecule has 7 nitrogen and oxygen atoms in total. The number of hydrogen-bond donors (Lipinski definition) is 1. The van der Waals surface area contributed by atoms with Gasteiger partial charge in [0.1, 0.15) is 17.2 Å². The van der Waals surface area contributed by atoms with Gasteiger partial charge in [0.25, 0.3) is 5.91 Å². The van der Waals surface area contributed by atoms with Crippen LogP contribution in [-0.2, 0) is 0 Å². The lowest BCUT2D eigenvalue weighted by Gasteiger charge is -2.13. The number of nitrogens with one attached hydrogen (secondary N) is 1. The van der Waals surface area contributed by atoms with Crippen molar-refractivity contribution in [3.63, 3.8) is 0 Å². The van der Waals surface area contributed by atoms with Crippen molar-refractivity contribution in [1.29, 1.82) is 0 Å². The van der Waals surface area contributed by atoms with Crippen LogP contribution >= 0.6 is 0 Å². The van der Waals surface area contributed by atoms with Gasteiger partial charge in [-0.1, -0.05) is 0 Å². The fourth-order valence-electron chi connectivity index (χ4n) is 3.77. The fraction of sp³-hybridized carbons (Fsp3) is 0.269. The standard InChI is InChI=1S/C26H27N3O4/c1-31-23-13-18(14-24(16-23)32-2)17-28-29-26(30)20-11-12-27-25(15-20)19-7-9-22(10-8-19)33-21-5-3-4-6-21/h7-17,21H,3-6H2,1-2H3,(H,29,30). The quantitative estimate of drug-likeness (QED) is 0.396. The zero-order valence-corrected chi connectivity index (χ0v) is 18.8. The average molecular weight is 446 g/mol. The van der Waals surface area contributed by atoms with Crippen molar-refractivity contribution in [3.8, 4) is 28.5 Å². The first-order chi connectivity index (χ1) is 16.1. The van der Waals surface area contributed by atoms with Gasteiger partial charge in [-0.15, -0.1) is 0 Å². The Bertz CT molecular complexity index is 1100. The number of benzene rings is 2. The molecular formula is C26H27N3O4. The van der Waals surface area contributed by atoms with Gasteiger partial charge in [-0.05, 0) is 74.2 Å². The largest absolute Gasteiger partial charge is 0.497 e. The summed E-state index contributed by atoms with van der Waals surface area (Å²) < 4.78 is 16.5. The number of carbonyl (C=O) groups is 1. The van der Waals surface area contributed by atoms with Crippen LogP contribution in [0.1, 0.15) is 41.6 Å². The van der Waals surface area contributed by atoms with E-state index in [1.807, 2.05) is 24.3 Å². The second kappa shape index (κ2) is 10.6. The van der Waals surface area contributed by atoms with Gasteiger partial charge in [0, 0.05) is 29.0 Å². The van der Waals surface area contributed by atoms with Crippen LogP contribution in [0.3, 0.4) is 0 Å². The zero-order valence-electron chi connectivity index (χ0n) is 18.8. The molecule has 2 aromatic carbocycles. The summed E-state index contributed by atoms with van der Waals surface area (Å²) in [6, 6.07) is 16.6. The summed E-state index contributed by atoms with van der Waals surface area (Å²) in [5, 5.41) is 4.06. The van der Waals surface area contributed by atoms with Crippen molar-refractivity contribution in [3.05, 3.63) is 71.9 Å². The minimum atomic E-state index is -0.328. The molecule has 0 radical (unpaired) electrons. The van der Waals surface area contributed by atoms with E-state index in [1.165, 1.54) is 19.1 Å². The van der Waals surface area contributed by atoms with Crippen molar-refractivity contribution >= 4 is 12.1 Å². The number of methoxy groups -OCH3 is 2. The maximum absolute atomic E-state index is 12.6. The molecule has 170 valence electrons. The van der Waals surface area contributed by atoms with E-state index in [0.29, 0.717) is 28.9 Å². The van der Waals surface area contributed by atoms with E-state index in [-0.39, 0.29) is 5.91 Å². The lowest BCUT2D eigenvalue weighted by Crippen LogP contribution is -2.17. The van der Waals surface area contributed by atoms with Crippen LogP contribution in [0.5, 0.6) is 17.2 Å². The molecule has 0 unspecified atom stereocenters. The molecule has 33 heavy (non-hydrogen) atoms. The van der Waals surface area contributed by atoms with E-state index in [0.717, 1.165) is 29.7 Å². The Morgan fingerprint density at radius 2 is 1.67 bits per heavy atom. The number of hydrogen-bond acceptors (Lipinski definition) is 6. The fourth-order valence-corrected chi connectivity index (χ4v) is 3.77. The Morgan fingerprint density at radius 3 is 2.33 bits per heavy atom. The van der Waals surface area contributed by atoms with E-state index in [9.17, 15) is 4.79 Å². The smallest absolute Gasteiger partial charge is 0.271 e. The molecule has 0 aliphatic heterocycles. The van der Waals surface area contributed by atoms with Gasteiger partial charge in [0.15, 0.2) is 0 Å². The van der Waals surface area contributed by atoms with Crippen LogP contribution in [0.2, 0.25) is 0 Å². The molecule has 7 heteroatoms.